The van der Waals surface area contributed by atoms with Gasteiger partial charge in [0, 0.05) is 11.1 Å². The first-order valence-corrected chi connectivity index (χ1v) is 9.52. The summed E-state index contributed by atoms with van der Waals surface area (Å²) < 4.78 is 16.5. The molecular weight excluding hydrogens is 368 g/mol. The maximum atomic E-state index is 12.4. The molecule has 0 saturated heterocycles. The molecule has 5 heteroatoms. The molecule has 3 aromatic carbocycles. The smallest absolute Gasteiger partial charge is 0.193 e. The third-order valence-electron chi connectivity index (χ3n) is 4.17. The molecule has 0 saturated carbocycles. The van der Waals surface area contributed by atoms with Gasteiger partial charge >= 0.3 is 0 Å². The summed E-state index contributed by atoms with van der Waals surface area (Å²) in [5.74, 6) is 1.96. The van der Waals surface area contributed by atoms with Crippen LogP contribution < -0.4 is 14.2 Å². The number of ketones is 1. The fraction of sp³-hybridized carbons (Fsp3) is 0.208. The van der Waals surface area contributed by atoms with Crippen molar-refractivity contribution < 1.29 is 24.1 Å². The summed E-state index contributed by atoms with van der Waals surface area (Å²) in [5.41, 5.74) is 1.23. The highest BCUT2D eigenvalue weighted by Crippen LogP contribution is 2.18. The first-order valence-electron chi connectivity index (χ1n) is 9.52. The highest BCUT2D eigenvalue weighted by atomic mass is 16.5. The number of carbonyl (C=O) groups excluding carboxylic acids is 1. The Hall–Kier alpha value is -3.31. The summed E-state index contributed by atoms with van der Waals surface area (Å²) in [6.45, 7) is 2.73. The van der Waals surface area contributed by atoms with Crippen LogP contribution in [0, 0.1) is 0 Å². The number of benzene rings is 3. The van der Waals surface area contributed by atoms with Crippen molar-refractivity contribution in [2.24, 2.45) is 0 Å². The quantitative estimate of drug-likeness (QED) is 0.526. The average Bonchev–Trinajstić information content (AvgIpc) is 2.78. The summed E-state index contributed by atoms with van der Waals surface area (Å²) >= 11 is 0. The van der Waals surface area contributed by atoms with E-state index in [9.17, 15) is 9.90 Å². The van der Waals surface area contributed by atoms with Crippen LogP contribution in [0.15, 0.2) is 78.9 Å². The zero-order valence-corrected chi connectivity index (χ0v) is 16.3. The maximum absolute atomic E-state index is 12.4. The van der Waals surface area contributed by atoms with Crippen molar-refractivity contribution in [2.75, 3.05) is 19.8 Å². The van der Waals surface area contributed by atoms with Crippen molar-refractivity contribution in [3.63, 3.8) is 0 Å². The minimum Gasteiger partial charge on any atom is -0.494 e. The van der Waals surface area contributed by atoms with Gasteiger partial charge < -0.3 is 19.3 Å². The van der Waals surface area contributed by atoms with Crippen LogP contribution in [0.2, 0.25) is 0 Å². The molecule has 29 heavy (non-hydrogen) atoms. The van der Waals surface area contributed by atoms with Gasteiger partial charge in [-0.2, -0.15) is 0 Å². The second-order valence-corrected chi connectivity index (χ2v) is 6.40. The van der Waals surface area contributed by atoms with Crippen LogP contribution in [0.1, 0.15) is 22.8 Å². The molecule has 1 unspecified atom stereocenters. The van der Waals surface area contributed by atoms with Crippen LogP contribution in [0.3, 0.4) is 0 Å². The molecule has 3 aromatic rings. The number of hydrogen-bond acceptors (Lipinski definition) is 5. The molecule has 0 aliphatic carbocycles. The molecule has 0 spiro atoms. The van der Waals surface area contributed by atoms with E-state index in [1.54, 1.807) is 48.5 Å². The fourth-order valence-electron chi connectivity index (χ4n) is 2.69. The lowest BCUT2D eigenvalue weighted by atomic mass is 10.0. The van der Waals surface area contributed by atoms with E-state index >= 15 is 0 Å². The van der Waals surface area contributed by atoms with Gasteiger partial charge in [-0.25, -0.2) is 0 Å². The third-order valence-corrected chi connectivity index (χ3v) is 4.17. The monoisotopic (exact) mass is 392 g/mol. The van der Waals surface area contributed by atoms with Gasteiger partial charge in [0.15, 0.2) is 5.78 Å². The molecule has 1 atom stereocenters. The highest BCUT2D eigenvalue weighted by Gasteiger charge is 2.10. The Bertz CT molecular complexity index is 889. The Morgan fingerprint density at radius 1 is 0.724 bits per heavy atom. The van der Waals surface area contributed by atoms with Crippen LogP contribution in [0.4, 0.5) is 0 Å². The standard InChI is InChI=1S/C24H24O5/c1-2-27-21-12-14-23(15-13-21)29-17-20(25)16-28-22-10-8-19(9-11-22)24(26)18-6-4-3-5-7-18/h3-15,20,25H,2,16-17H2,1H3. The molecule has 0 radical (unpaired) electrons. The van der Waals surface area contributed by atoms with Gasteiger partial charge in [0.25, 0.3) is 0 Å². The number of aliphatic hydroxyl groups is 1. The van der Waals surface area contributed by atoms with Gasteiger partial charge in [0.2, 0.25) is 0 Å². The van der Waals surface area contributed by atoms with Gasteiger partial charge in [0.1, 0.15) is 36.6 Å². The first kappa shape index (κ1) is 20.4. The molecule has 0 amide bonds. The van der Waals surface area contributed by atoms with Crippen molar-refractivity contribution in [3.05, 3.63) is 90.0 Å². The molecule has 150 valence electrons. The van der Waals surface area contributed by atoms with Gasteiger partial charge in [0.05, 0.1) is 6.61 Å². The highest BCUT2D eigenvalue weighted by molar-refractivity contribution is 6.08. The molecule has 0 aromatic heterocycles. The lowest BCUT2D eigenvalue weighted by Gasteiger charge is -2.14. The van der Waals surface area contributed by atoms with Crippen LogP contribution in [-0.2, 0) is 0 Å². The normalized spacial score (nSPS) is 11.5. The predicted octanol–water partition coefficient (Wildman–Crippen LogP) is 4.14. The lowest BCUT2D eigenvalue weighted by molar-refractivity contribution is 0.0626. The van der Waals surface area contributed by atoms with E-state index in [0.717, 1.165) is 5.75 Å². The van der Waals surface area contributed by atoms with Gasteiger partial charge in [-0.1, -0.05) is 30.3 Å². The molecule has 0 fully saturated rings. The SMILES string of the molecule is CCOc1ccc(OCC(O)COc2ccc(C(=O)c3ccccc3)cc2)cc1. The number of carbonyl (C=O) groups is 1. The van der Waals surface area contributed by atoms with Crippen LogP contribution in [0.5, 0.6) is 17.2 Å². The number of hydrogen-bond donors (Lipinski definition) is 1. The summed E-state index contributed by atoms with van der Waals surface area (Å²) in [4.78, 5) is 12.4. The number of rotatable bonds is 10. The third kappa shape index (κ3) is 6.09. The second kappa shape index (κ2) is 10.3. The van der Waals surface area contributed by atoms with E-state index < -0.39 is 6.10 Å². The van der Waals surface area contributed by atoms with E-state index in [0.29, 0.717) is 29.2 Å². The summed E-state index contributed by atoms with van der Waals surface area (Å²) in [7, 11) is 0. The molecular formula is C24H24O5. The van der Waals surface area contributed by atoms with E-state index in [1.807, 2.05) is 37.3 Å². The van der Waals surface area contributed by atoms with Crippen LogP contribution in [0.25, 0.3) is 0 Å². The Labute approximate surface area is 170 Å². The summed E-state index contributed by atoms with van der Waals surface area (Å²) in [6.07, 6.45) is -0.785. The van der Waals surface area contributed by atoms with E-state index in [1.165, 1.54) is 0 Å². The summed E-state index contributed by atoms with van der Waals surface area (Å²) in [5, 5.41) is 10.1. The van der Waals surface area contributed by atoms with Crippen LogP contribution >= 0.6 is 0 Å². The molecule has 3 rings (SSSR count). The Morgan fingerprint density at radius 2 is 1.17 bits per heavy atom. The molecule has 5 nitrogen and oxygen atoms in total. The molecule has 0 aliphatic rings. The summed E-state index contributed by atoms with van der Waals surface area (Å²) in [6, 6.07) is 23.2. The topological polar surface area (TPSA) is 65.0 Å². The van der Waals surface area contributed by atoms with E-state index in [4.69, 9.17) is 14.2 Å². The number of aliphatic hydroxyl groups excluding tert-OH is 1. The van der Waals surface area contributed by atoms with E-state index in [-0.39, 0.29) is 19.0 Å². The Morgan fingerprint density at radius 3 is 1.69 bits per heavy atom. The maximum Gasteiger partial charge on any atom is 0.193 e. The largest absolute Gasteiger partial charge is 0.494 e. The van der Waals surface area contributed by atoms with Gasteiger partial charge in [-0.05, 0) is 55.5 Å². The zero-order chi connectivity index (χ0) is 20.5. The van der Waals surface area contributed by atoms with Crippen LogP contribution in [-0.4, -0.2) is 36.8 Å². The molecule has 0 bridgehead atoms. The first-order chi connectivity index (χ1) is 14.2. The molecule has 0 aliphatic heterocycles. The molecule has 1 N–H and O–H groups in total. The predicted molar refractivity (Wildman–Crippen MR) is 111 cm³/mol. The van der Waals surface area contributed by atoms with Crippen molar-refractivity contribution in [3.8, 4) is 17.2 Å². The minimum absolute atomic E-state index is 0.0408. The Kier molecular flexibility index (Phi) is 7.25. The Balaban J connectivity index is 1.45. The van der Waals surface area contributed by atoms with E-state index in [2.05, 4.69) is 0 Å². The lowest BCUT2D eigenvalue weighted by Crippen LogP contribution is -2.25. The second-order valence-electron chi connectivity index (χ2n) is 6.40. The average molecular weight is 392 g/mol. The van der Waals surface area contributed by atoms with Gasteiger partial charge in [-0.15, -0.1) is 0 Å². The molecule has 0 heterocycles. The van der Waals surface area contributed by atoms with Crippen molar-refractivity contribution >= 4 is 5.78 Å². The minimum atomic E-state index is -0.785. The fourth-order valence-corrected chi connectivity index (χ4v) is 2.69. The van der Waals surface area contributed by atoms with Crippen molar-refractivity contribution in [2.45, 2.75) is 13.0 Å². The van der Waals surface area contributed by atoms with Crippen molar-refractivity contribution in [1.29, 1.82) is 0 Å². The zero-order valence-electron chi connectivity index (χ0n) is 16.3. The van der Waals surface area contributed by atoms with Crippen molar-refractivity contribution in [1.82, 2.24) is 0 Å². The number of ether oxygens (including phenoxy) is 3. The van der Waals surface area contributed by atoms with Gasteiger partial charge in [-0.3, -0.25) is 4.79 Å².